The maximum Gasteiger partial charge on any atom is 0.312 e. The van der Waals surface area contributed by atoms with Crippen molar-refractivity contribution in [1.82, 2.24) is 0 Å². The van der Waals surface area contributed by atoms with Crippen molar-refractivity contribution in [2.75, 3.05) is 13.2 Å². The number of halogens is 1. The molecule has 0 saturated heterocycles. The number of hydrogen-bond acceptors (Lipinski definition) is 4. The van der Waals surface area contributed by atoms with Crippen LogP contribution in [-0.4, -0.2) is 18.1 Å². The summed E-state index contributed by atoms with van der Waals surface area (Å²) in [5.41, 5.74) is 7.96. The summed E-state index contributed by atoms with van der Waals surface area (Å²) in [5.74, 6) is 0.208. The lowest BCUT2D eigenvalue weighted by Gasteiger charge is -2.05. The van der Waals surface area contributed by atoms with Gasteiger partial charge in [-0.2, -0.15) is 0 Å². The van der Waals surface area contributed by atoms with Crippen LogP contribution in [0.15, 0.2) is 27.8 Å². The molecular weight excluding hydrogens is 292 g/mol. The summed E-state index contributed by atoms with van der Waals surface area (Å²) < 4.78 is 5.87. The van der Waals surface area contributed by atoms with Gasteiger partial charge in [-0.25, -0.2) is 0 Å². The highest BCUT2D eigenvalue weighted by atomic mass is 79.9. The zero-order chi connectivity index (χ0) is 12.7. The molecule has 0 aliphatic rings. The Bertz CT molecular complexity index is 460. The minimum atomic E-state index is -0.506. The van der Waals surface area contributed by atoms with Gasteiger partial charge in [-0.15, -0.1) is 0 Å². The zero-order valence-electron chi connectivity index (χ0n) is 8.74. The molecule has 0 N–H and O–H groups in total. The highest BCUT2D eigenvalue weighted by molar-refractivity contribution is 9.10. The van der Waals surface area contributed by atoms with Crippen LogP contribution < -0.4 is 4.74 Å². The maximum atomic E-state index is 10.7. The third kappa shape index (κ3) is 4.29. The summed E-state index contributed by atoms with van der Waals surface area (Å²) in [4.78, 5) is 12.8. The molecule has 0 bridgehead atoms. The van der Waals surface area contributed by atoms with Crippen LogP contribution in [0.25, 0.3) is 10.4 Å². The predicted molar refractivity (Wildman–Crippen MR) is 64.9 cm³/mol. The second kappa shape index (κ2) is 6.72. The van der Waals surface area contributed by atoms with Crippen LogP contribution in [-0.2, 0) is 0 Å². The van der Waals surface area contributed by atoms with Crippen molar-refractivity contribution in [3.63, 3.8) is 0 Å². The molecule has 7 nitrogen and oxygen atoms in total. The lowest BCUT2D eigenvalue weighted by atomic mass is 10.3. The summed E-state index contributed by atoms with van der Waals surface area (Å²) in [7, 11) is 0. The van der Waals surface area contributed by atoms with Crippen molar-refractivity contribution in [2.24, 2.45) is 5.11 Å². The molecule has 90 valence electrons. The van der Waals surface area contributed by atoms with Gasteiger partial charge in [0, 0.05) is 22.0 Å². The SMILES string of the molecule is [N-]=[N+]=NCCCOc1ccc(Br)cc1[N+](=O)[O-]. The minimum absolute atomic E-state index is 0.0943. The standard InChI is InChI=1S/C9H9BrN4O3/c10-7-2-3-9(8(6-7)14(15)16)17-5-1-4-12-13-11/h2-3,6H,1,4-5H2. The van der Waals surface area contributed by atoms with E-state index in [1.165, 1.54) is 12.1 Å². The number of benzene rings is 1. The molecule has 0 saturated carbocycles. The number of ether oxygens (including phenoxy) is 1. The van der Waals surface area contributed by atoms with E-state index >= 15 is 0 Å². The molecule has 0 aliphatic heterocycles. The van der Waals surface area contributed by atoms with Crippen LogP contribution >= 0.6 is 15.9 Å². The predicted octanol–water partition coefficient (Wildman–Crippen LogP) is 3.44. The number of azide groups is 1. The number of nitro groups is 1. The van der Waals surface area contributed by atoms with Gasteiger partial charge >= 0.3 is 5.69 Å². The van der Waals surface area contributed by atoms with Crippen molar-refractivity contribution >= 4 is 21.6 Å². The Balaban J connectivity index is 2.64. The van der Waals surface area contributed by atoms with Gasteiger partial charge in [0.2, 0.25) is 0 Å². The smallest absolute Gasteiger partial charge is 0.312 e. The van der Waals surface area contributed by atoms with Gasteiger partial charge < -0.3 is 4.74 Å². The van der Waals surface area contributed by atoms with Gasteiger partial charge in [-0.1, -0.05) is 21.0 Å². The van der Waals surface area contributed by atoms with E-state index in [-0.39, 0.29) is 18.0 Å². The van der Waals surface area contributed by atoms with Crippen molar-refractivity contribution < 1.29 is 9.66 Å². The van der Waals surface area contributed by atoms with E-state index in [0.717, 1.165) is 0 Å². The van der Waals surface area contributed by atoms with Crippen LogP contribution in [0.1, 0.15) is 6.42 Å². The Morgan fingerprint density at radius 3 is 3.00 bits per heavy atom. The van der Waals surface area contributed by atoms with Crippen molar-refractivity contribution in [3.8, 4) is 5.75 Å². The fraction of sp³-hybridized carbons (Fsp3) is 0.333. The van der Waals surface area contributed by atoms with E-state index in [1.807, 2.05) is 0 Å². The molecule has 0 amide bonds. The summed E-state index contributed by atoms with van der Waals surface area (Å²) in [6.07, 6.45) is 0.511. The Labute approximate surface area is 105 Å². The maximum absolute atomic E-state index is 10.7. The molecule has 17 heavy (non-hydrogen) atoms. The fourth-order valence-electron chi connectivity index (χ4n) is 1.12. The largest absolute Gasteiger partial charge is 0.487 e. The van der Waals surface area contributed by atoms with Crippen molar-refractivity contribution in [3.05, 3.63) is 43.2 Å². The molecule has 1 rings (SSSR count). The molecule has 0 unspecified atom stereocenters. The lowest BCUT2D eigenvalue weighted by Crippen LogP contribution is -2.01. The second-order valence-electron chi connectivity index (χ2n) is 3.03. The van der Waals surface area contributed by atoms with Crippen LogP contribution in [0.3, 0.4) is 0 Å². The Morgan fingerprint density at radius 2 is 2.35 bits per heavy atom. The van der Waals surface area contributed by atoms with Gasteiger partial charge in [0.25, 0.3) is 0 Å². The third-order valence-electron chi connectivity index (χ3n) is 1.84. The molecule has 0 aromatic heterocycles. The van der Waals surface area contributed by atoms with Gasteiger partial charge in [0.15, 0.2) is 5.75 Å². The normalized spacial score (nSPS) is 9.47. The Hall–Kier alpha value is -1.79. The van der Waals surface area contributed by atoms with Crippen LogP contribution in [0.2, 0.25) is 0 Å². The molecule has 0 radical (unpaired) electrons. The summed E-state index contributed by atoms with van der Waals surface area (Å²) in [5, 5.41) is 14.1. The fourth-order valence-corrected chi connectivity index (χ4v) is 1.47. The highest BCUT2D eigenvalue weighted by Gasteiger charge is 2.14. The van der Waals surface area contributed by atoms with Crippen LogP contribution in [0.5, 0.6) is 5.75 Å². The molecule has 1 aromatic carbocycles. The molecule has 0 atom stereocenters. The molecule has 0 fully saturated rings. The lowest BCUT2D eigenvalue weighted by molar-refractivity contribution is -0.385. The van der Waals surface area contributed by atoms with E-state index in [0.29, 0.717) is 17.4 Å². The first kappa shape index (κ1) is 13.3. The zero-order valence-corrected chi connectivity index (χ0v) is 10.3. The number of nitro benzene ring substituents is 1. The number of rotatable bonds is 6. The first-order valence-electron chi connectivity index (χ1n) is 4.72. The molecule has 1 aromatic rings. The average Bonchev–Trinajstić information content (AvgIpc) is 2.30. The third-order valence-corrected chi connectivity index (χ3v) is 2.33. The minimum Gasteiger partial charge on any atom is -0.487 e. The number of hydrogen-bond donors (Lipinski definition) is 0. The van der Waals surface area contributed by atoms with Gasteiger partial charge in [-0.3, -0.25) is 10.1 Å². The van der Waals surface area contributed by atoms with E-state index in [9.17, 15) is 10.1 Å². The van der Waals surface area contributed by atoms with E-state index < -0.39 is 4.92 Å². The van der Waals surface area contributed by atoms with Crippen LogP contribution in [0.4, 0.5) is 5.69 Å². The molecule has 8 heteroatoms. The molecule has 0 spiro atoms. The first-order chi connectivity index (χ1) is 8.15. The van der Waals surface area contributed by atoms with E-state index in [4.69, 9.17) is 10.3 Å². The van der Waals surface area contributed by atoms with Crippen molar-refractivity contribution in [1.29, 1.82) is 0 Å². The van der Waals surface area contributed by atoms with E-state index in [2.05, 4.69) is 26.0 Å². The molecule has 0 aliphatic carbocycles. The topological polar surface area (TPSA) is 101 Å². The first-order valence-corrected chi connectivity index (χ1v) is 5.52. The van der Waals surface area contributed by atoms with E-state index in [1.54, 1.807) is 6.07 Å². The average molecular weight is 301 g/mol. The molecule has 0 heterocycles. The monoisotopic (exact) mass is 300 g/mol. The summed E-state index contributed by atoms with van der Waals surface area (Å²) in [6, 6.07) is 4.56. The van der Waals surface area contributed by atoms with Crippen molar-refractivity contribution in [2.45, 2.75) is 6.42 Å². The highest BCUT2D eigenvalue weighted by Crippen LogP contribution is 2.30. The Morgan fingerprint density at radius 1 is 1.59 bits per heavy atom. The van der Waals surface area contributed by atoms with Crippen LogP contribution in [0, 0.1) is 10.1 Å². The van der Waals surface area contributed by atoms with Gasteiger partial charge in [0.05, 0.1) is 11.5 Å². The molecular formula is C9H9BrN4O3. The van der Waals surface area contributed by atoms with Gasteiger partial charge in [-0.05, 0) is 24.1 Å². The van der Waals surface area contributed by atoms with Gasteiger partial charge in [0.1, 0.15) is 0 Å². The summed E-state index contributed by atoms with van der Waals surface area (Å²) >= 11 is 3.15. The number of nitrogens with zero attached hydrogens (tertiary/aromatic N) is 4. The summed E-state index contributed by atoms with van der Waals surface area (Å²) in [6.45, 7) is 0.572. The second-order valence-corrected chi connectivity index (χ2v) is 3.94. The Kier molecular flexibility index (Phi) is 5.25. The quantitative estimate of drug-likeness (QED) is 0.201.